The molecule has 0 saturated heterocycles. The lowest BCUT2D eigenvalue weighted by molar-refractivity contribution is -0.112. The van der Waals surface area contributed by atoms with Crippen molar-refractivity contribution in [2.24, 2.45) is 0 Å². The summed E-state index contributed by atoms with van der Waals surface area (Å²) >= 11 is 1.90. The van der Waals surface area contributed by atoms with Gasteiger partial charge in [0.15, 0.2) is 5.78 Å². The van der Waals surface area contributed by atoms with Gasteiger partial charge in [-0.3, -0.25) is 4.79 Å². The molecule has 0 saturated carbocycles. The zero-order valence-electron chi connectivity index (χ0n) is 6.59. The van der Waals surface area contributed by atoms with Gasteiger partial charge in [0.25, 0.3) is 0 Å². The number of hydrogen-bond acceptors (Lipinski definition) is 2. The van der Waals surface area contributed by atoms with Gasteiger partial charge in [-0.2, -0.15) is 11.8 Å². The van der Waals surface area contributed by atoms with Crippen molar-refractivity contribution in [2.45, 2.75) is 20.3 Å². The van der Waals surface area contributed by atoms with Crippen LogP contribution in [-0.4, -0.2) is 17.3 Å². The fourth-order valence-corrected chi connectivity index (χ4v) is 1.14. The second kappa shape index (κ2) is 6.87. The minimum absolute atomic E-state index is 0.140. The normalized spacial score (nSPS) is 10.6. The molecule has 10 heavy (non-hydrogen) atoms. The van der Waals surface area contributed by atoms with E-state index in [1.807, 2.05) is 17.8 Å². The summed E-state index contributed by atoms with van der Waals surface area (Å²) in [4.78, 5) is 10.4. The summed E-state index contributed by atoms with van der Waals surface area (Å²) in [5.41, 5.74) is 0. The molecule has 0 heterocycles. The van der Waals surface area contributed by atoms with E-state index in [4.69, 9.17) is 0 Å². The third kappa shape index (κ3) is 7.76. The Balaban J connectivity index is 3.10. The summed E-state index contributed by atoms with van der Waals surface area (Å²) < 4.78 is 0. The third-order valence-electron chi connectivity index (χ3n) is 0.986. The highest BCUT2D eigenvalue weighted by Gasteiger charge is 1.82. The lowest BCUT2D eigenvalue weighted by Crippen LogP contribution is -1.81. The number of carbonyl (C=O) groups is 1. The first kappa shape index (κ1) is 9.76. The van der Waals surface area contributed by atoms with E-state index in [0.717, 1.165) is 17.9 Å². The highest BCUT2D eigenvalue weighted by atomic mass is 32.2. The predicted molar refractivity (Wildman–Crippen MR) is 47.4 cm³/mol. The summed E-state index contributed by atoms with van der Waals surface area (Å²) in [5.74, 6) is 2.43. The van der Waals surface area contributed by atoms with Gasteiger partial charge in [0.05, 0.1) is 0 Å². The van der Waals surface area contributed by atoms with Gasteiger partial charge in [-0.05, 0) is 30.9 Å². The van der Waals surface area contributed by atoms with Crippen molar-refractivity contribution in [1.82, 2.24) is 0 Å². The number of thioether (sulfide) groups is 1. The van der Waals surface area contributed by atoms with Gasteiger partial charge >= 0.3 is 0 Å². The van der Waals surface area contributed by atoms with Gasteiger partial charge in [0, 0.05) is 0 Å². The van der Waals surface area contributed by atoms with Crippen molar-refractivity contribution in [3.05, 3.63) is 12.2 Å². The van der Waals surface area contributed by atoms with Gasteiger partial charge in [-0.25, -0.2) is 0 Å². The second-order valence-electron chi connectivity index (χ2n) is 2.00. The molecule has 0 N–H and O–H groups in total. The zero-order chi connectivity index (χ0) is 7.82. The van der Waals surface area contributed by atoms with E-state index in [1.165, 1.54) is 0 Å². The van der Waals surface area contributed by atoms with Crippen LogP contribution in [0.15, 0.2) is 12.2 Å². The summed E-state index contributed by atoms with van der Waals surface area (Å²) in [7, 11) is 0. The number of rotatable bonds is 5. The molecule has 0 aromatic carbocycles. The lowest BCUT2D eigenvalue weighted by Gasteiger charge is -1.90. The van der Waals surface area contributed by atoms with E-state index in [0.29, 0.717) is 0 Å². The first-order chi connectivity index (χ1) is 4.77. The summed E-state index contributed by atoms with van der Waals surface area (Å²) in [6, 6.07) is 0. The Morgan fingerprint density at radius 3 is 2.80 bits per heavy atom. The summed E-state index contributed by atoms with van der Waals surface area (Å²) in [6.07, 6.45) is 4.58. The monoisotopic (exact) mass is 158 g/mol. The number of allylic oxidation sites excluding steroid dienone is 2. The minimum atomic E-state index is 0.140. The predicted octanol–water partition coefficient (Wildman–Crippen LogP) is 2.27. The van der Waals surface area contributed by atoms with Gasteiger partial charge in [0.1, 0.15) is 0 Å². The van der Waals surface area contributed by atoms with E-state index in [-0.39, 0.29) is 5.78 Å². The Labute approximate surface area is 66.9 Å². The maximum Gasteiger partial charge on any atom is 0.152 e. The van der Waals surface area contributed by atoms with Gasteiger partial charge in [-0.15, -0.1) is 0 Å². The van der Waals surface area contributed by atoms with E-state index in [2.05, 4.69) is 6.92 Å². The maximum absolute atomic E-state index is 10.4. The van der Waals surface area contributed by atoms with Crippen LogP contribution in [0.1, 0.15) is 20.3 Å². The fourth-order valence-electron chi connectivity index (χ4n) is 0.545. The lowest BCUT2D eigenvalue weighted by atomic mass is 10.3. The van der Waals surface area contributed by atoms with Crippen molar-refractivity contribution in [3.63, 3.8) is 0 Å². The van der Waals surface area contributed by atoms with Crippen molar-refractivity contribution < 1.29 is 4.79 Å². The second-order valence-corrected chi connectivity index (χ2v) is 3.39. The standard InChI is InChI=1S/C8H14OS/c1-3-10-7-5-4-6-8(2)9/h4,6H,3,5,7H2,1-2H3/b6-4+. The van der Waals surface area contributed by atoms with Crippen LogP contribution < -0.4 is 0 Å². The first-order valence-corrected chi connectivity index (χ1v) is 4.67. The quantitative estimate of drug-likeness (QED) is 0.451. The Hall–Kier alpha value is -0.240. The molecule has 0 aliphatic rings. The van der Waals surface area contributed by atoms with Crippen LogP contribution in [0.25, 0.3) is 0 Å². The Bertz CT molecular complexity index is 118. The van der Waals surface area contributed by atoms with Crippen LogP contribution in [0.3, 0.4) is 0 Å². The molecule has 0 bridgehead atoms. The molecule has 0 atom stereocenters. The van der Waals surface area contributed by atoms with Crippen LogP contribution in [0.4, 0.5) is 0 Å². The molecule has 0 aliphatic carbocycles. The van der Waals surface area contributed by atoms with E-state index >= 15 is 0 Å². The molecular formula is C8H14OS. The molecular weight excluding hydrogens is 144 g/mol. The van der Waals surface area contributed by atoms with Gasteiger partial charge in [0.2, 0.25) is 0 Å². The first-order valence-electron chi connectivity index (χ1n) is 3.52. The molecule has 0 fully saturated rings. The third-order valence-corrected chi connectivity index (χ3v) is 1.92. The number of ketones is 1. The molecule has 0 rings (SSSR count). The smallest absolute Gasteiger partial charge is 0.152 e. The summed E-state index contributed by atoms with van der Waals surface area (Å²) in [6.45, 7) is 3.71. The van der Waals surface area contributed by atoms with E-state index in [1.54, 1.807) is 13.0 Å². The van der Waals surface area contributed by atoms with E-state index < -0.39 is 0 Å². The number of carbonyl (C=O) groups excluding carboxylic acids is 1. The Morgan fingerprint density at radius 1 is 1.60 bits per heavy atom. The minimum Gasteiger partial charge on any atom is -0.295 e. The van der Waals surface area contributed by atoms with Crippen LogP contribution >= 0.6 is 11.8 Å². The largest absolute Gasteiger partial charge is 0.295 e. The average Bonchev–Trinajstić information content (AvgIpc) is 1.87. The molecule has 58 valence electrons. The van der Waals surface area contributed by atoms with Crippen LogP contribution in [0.2, 0.25) is 0 Å². The van der Waals surface area contributed by atoms with Crippen molar-refractivity contribution in [2.75, 3.05) is 11.5 Å². The summed E-state index contributed by atoms with van der Waals surface area (Å²) in [5, 5.41) is 0. The molecule has 2 heteroatoms. The molecule has 0 aliphatic heterocycles. The van der Waals surface area contributed by atoms with Crippen molar-refractivity contribution in [3.8, 4) is 0 Å². The van der Waals surface area contributed by atoms with Crippen LogP contribution in [0.5, 0.6) is 0 Å². The topological polar surface area (TPSA) is 17.1 Å². The molecule has 0 spiro atoms. The van der Waals surface area contributed by atoms with Gasteiger partial charge in [-0.1, -0.05) is 13.0 Å². The van der Waals surface area contributed by atoms with Crippen LogP contribution in [-0.2, 0) is 4.79 Å². The number of hydrogen-bond donors (Lipinski definition) is 0. The van der Waals surface area contributed by atoms with E-state index in [9.17, 15) is 4.79 Å². The average molecular weight is 158 g/mol. The molecule has 0 aromatic rings. The van der Waals surface area contributed by atoms with Gasteiger partial charge < -0.3 is 0 Å². The maximum atomic E-state index is 10.4. The van der Waals surface area contributed by atoms with Crippen molar-refractivity contribution >= 4 is 17.5 Å². The molecule has 1 nitrogen and oxygen atoms in total. The Morgan fingerprint density at radius 2 is 2.30 bits per heavy atom. The fraction of sp³-hybridized carbons (Fsp3) is 0.625. The van der Waals surface area contributed by atoms with Crippen molar-refractivity contribution in [1.29, 1.82) is 0 Å². The molecule has 0 radical (unpaired) electrons. The SMILES string of the molecule is CCSCC/C=C/C(C)=O. The zero-order valence-corrected chi connectivity index (χ0v) is 7.41. The highest BCUT2D eigenvalue weighted by Crippen LogP contribution is 2.00. The molecule has 0 unspecified atom stereocenters. The Kier molecular flexibility index (Phi) is 6.71. The highest BCUT2D eigenvalue weighted by molar-refractivity contribution is 7.99. The molecule has 0 amide bonds. The van der Waals surface area contributed by atoms with Crippen LogP contribution in [0, 0.1) is 0 Å². The molecule has 0 aromatic heterocycles.